The topological polar surface area (TPSA) is 93.4 Å². The van der Waals surface area contributed by atoms with Gasteiger partial charge in [-0.05, 0) is 12.0 Å². The molecule has 0 saturated heterocycles. The fourth-order valence-corrected chi connectivity index (χ4v) is 3.35. The molecule has 0 fully saturated rings. The molecule has 0 aliphatic carbocycles. The fraction of sp³-hybridized carbons (Fsp3) is 0.438. The van der Waals surface area contributed by atoms with E-state index in [-0.39, 0.29) is 36.1 Å². The maximum absolute atomic E-state index is 12.1. The number of sulfone groups is 1. The van der Waals surface area contributed by atoms with Crippen LogP contribution < -0.4 is 0 Å². The summed E-state index contributed by atoms with van der Waals surface area (Å²) in [5, 5.41) is 3.82. The Bertz CT molecular complexity index is 770. The van der Waals surface area contributed by atoms with Crippen molar-refractivity contribution >= 4 is 15.7 Å². The molecule has 1 amide bonds. The van der Waals surface area contributed by atoms with Crippen LogP contribution in [-0.4, -0.2) is 49.2 Å². The first-order valence-electron chi connectivity index (χ1n) is 7.62. The molecule has 0 saturated carbocycles. The largest absolute Gasteiger partial charge is 0.349 e. The third kappa shape index (κ3) is 5.77. The molecule has 0 spiro atoms. The summed E-state index contributed by atoms with van der Waals surface area (Å²) in [4.78, 5) is 17.0. The summed E-state index contributed by atoms with van der Waals surface area (Å²) in [5.74, 6) is 0.0654. The van der Waals surface area contributed by atoms with Gasteiger partial charge in [-0.25, -0.2) is 8.42 Å². The van der Waals surface area contributed by atoms with Crippen molar-refractivity contribution in [2.24, 2.45) is 0 Å². The molecule has 0 bridgehead atoms. The summed E-state index contributed by atoms with van der Waals surface area (Å²) >= 11 is 0. The van der Waals surface area contributed by atoms with Crippen molar-refractivity contribution in [1.82, 2.24) is 15.0 Å². The van der Waals surface area contributed by atoms with Gasteiger partial charge in [-0.2, -0.15) is 4.98 Å². The number of amides is 1. The Kier molecular flexibility index (Phi) is 6.08. The normalized spacial score (nSPS) is 11.4. The molecule has 8 heteroatoms. The van der Waals surface area contributed by atoms with Gasteiger partial charge < -0.3 is 9.42 Å². The minimum atomic E-state index is -3.38. The highest BCUT2D eigenvalue weighted by Crippen LogP contribution is 2.10. The molecule has 1 aromatic heterocycles. The van der Waals surface area contributed by atoms with E-state index in [0.29, 0.717) is 12.2 Å². The van der Waals surface area contributed by atoms with Gasteiger partial charge in [0.2, 0.25) is 11.8 Å². The quantitative estimate of drug-likeness (QED) is 0.714. The molecule has 0 radical (unpaired) electrons. The molecule has 0 aliphatic rings. The van der Waals surface area contributed by atoms with Crippen molar-refractivity contribution in [3.63, 3.8) is 0 Å². The predicted octanol–water partition coefficient (Wildman–Crippen LogP) is 1.44. The SMILES string of the molecule is CN(C)C(=O)CCCS(=O)(=O)Cc1nc(Cc2ccccc2)no1. The van der Waals surface area contributed by atoms with E-state index in [0.717, 1.165) is 5.56 Å². The number of aromatic nitrogens is 2. The molecule has 1 aromatic carbocycles. The van der Waals surface area contributed by atoms with Gasteiger partial charge in [-0.15, -0.1) is 0 Å². The maximum atomic E-state index is 12.1. The lowest BCUT2D eigenvalue weighted by Gasteiger charge is -2.09. The molecular weight excluding hydrogens is 330 g/mol. The van der Waals surface area contributed by atoms with Gasteiger partial charge in [0.15, 0.2) is 15.7 Å². The first-order chi connectivity index (χ1) is 11.4. The smallest absolute Gasteiger partial charge is 0.241 e. The van der Waals surface area contributed by atoms with E-state index in [1.54, 1.807) is 14.1 Å². The van der Waals surface area contributed by atoms with Crippen molar-refractivity contribution in [1.29, 1.82) is 0 Å². The van der Waals surface area contributed by atoms with Gasteiger partial charge in [-0.3, -0.25) is 4.79 Å². The van der Waals surface area contributed by atoms with Crippen LogP contribution >= 0.6 is 0 Å². The highest BCUT2D eigenvalue weighted by Gasteiger charge is 2.18. The number of hydrogen-bond donors (Lipinski definition) is 0. The van der Waals surface area contributed by atoms with Gasteiger partial charge in [0.1, 0.15) is 5.75 Å². The van der Waals surface area contributed by atoms with E-state index in [1.165, 1.54) is 4.90 Å². The van der Waals surface area contributed by atoms with E-state index in [9.17, 15) is 13.2 Å². The number of carbonyl (C=O) groups is 1. The molecule has 2 aromatic rings. The fourth-order valence-electron chi connectivity index (χ4n) is 2.13. The summed E-state index contributed by atoms with van der Waals surface area (Å²) in [6.07, 6.45) is 0.974. The molecule has 0 N–H and O–H groups in total. The Morgan fingerprint density at radius 2 is 1.92 bits per heavy atom. The number of nitrogens with zero attached hydrogens (tertiary/aromatic N) is 3. The van der Waals surface area contributed by atoms with Crippen molar-refractivity contribution in [3.05, 3.63) is 47.6 Å². The first-order valence-corrected chi connectivity index (χ1v) is 9.44. The zero-order valence-corrected chi connectivity index (χ0v) is 14.6. The van der Waals surface area contributed by atoms with Crippen LogP contribution in [0.25, 0.3) is 0 Å². The lowest BCUT2D eigenvalue weighted by Crippen LogP contribution is -2.22. The summed E-state index contributed by atoms with van der Waals surface area (Å²) in [5.41, 5.74) is 1.02. The number of hydrogen-bond acceptors (Lipinski definition) is 6. The minimum Gasteiger partial charge on any atom is -0.349 e. The van der Waals surface area contributed by atoms with Crippen LogP contribution in [0, 0.1) is 0 Å². The molecule has 2 rings (SSSR count). The van der Waals surface area contributed by atoms with E-state index in [1.807, 2.05) is 30.3 Å². The second kappa shape index (κ2) is 8.05. The summed E-state index contributed by atoms with van der Waals surface area (Å²) < 4.78 is 29.2. The first kappa shape index (κ1) is 18.1. The highest BCUT2D eigenvalue weighted by molar-refractivity contribution is 7.90. The van der Waals surface area contributed by atoms with Crippen LogP contribution in [-0.2, 0) is 26.8 Å². The predicted molar refractivity (Wildman–Crippen MR) is 89.0 cm³/mol. The number of carbonyl (C=O) groups excluding carboxylic acids is 1. The van der Waals surface area contributed by atoms with Crippen LogP contribution in [0.4, 0.5) is 0 Å². The zero-order valence-electron chi connectivity index (χ0n) is 13.8. The van der Waals surface area contributed by atoms with Crippen molar-refractivity contribution in [3.8, 4) is 0 Å². The second-order valence-corrected chi connectivity index (χ2v) is 7.93. The van der Waals surface area contributed by atoms with Gasteiger partial charge in [0, 0.05) is 26.9 Å². The molecule has 0 atom stereocenters. The van der Waals surface area contributed by atoms with Crippen molar-refractivity contribution in [2.75, 3.05) is 19.8 Å². The van der Waals surface area contributed by atoms with E-state index >= 15 is 0 Å². The van der Waals surface area contributed by atoms with Gasteiger partial charge in [-0.1, -0.05) is 35.5 Å². The molecule has 0 aliphatic heterocycles. The molecule has 130 valence electrons. The van der Waals surface area contributed by atoms with E-state index in [2.05, 4.69) is 10.1 Å². The lowest BCUT2D eigenvalue weighted by molar-refractivity contribution is -0.128. The standard InChI is InChI=1S/C16H21N3O4S/c1-19(2)16(20)9-6-10-24(21,22)12-15-17-14(18-23-15)11-13-7-4-3-5-8-13/h3-5,7-8H,6,9-12H2,1-2H3. The van der Waals surface area contributed by atoms with Crippen molar-refractivity contribution in [2.45, 2.75) is 25.0 Å². The molecule has 0 unspecified atom stereocenters. The monoisotopic (exact) mass is 351 g/mol. The summed E-state index contributed by atoms with van der Waals surface area (Å²) in [6.45, 7) is 0. The highest BCUT2D eigenvalue weighted by atomic mass is 32.2. The van der Waals surface area contributed by atoms with Crippen LogP contribution in [0.3, 0.4) is 0 Å². The van der Waals surface area contributed by atoms with E-state index in [4.69, 9.17) is 4.52 Å². The van der Waals surface area contributed by atoms with Crippen LogP contribution in [0.5, 0.6) is 0 Å². The Hall–Kier alpha value is -2.22. The zero-order chi connectivity index (χ0) is 17.6. The number of benzene rings is 1. The second-order valence-electron chi connectivity index (χ2n) is 5.75. The molecule has 7 nitrogen and oxygen atoms in total. The summed E-state index contributed by atoms with van der Waals surface area (Å²) in [7, 11) is -0.0977. The van der Waals surface area contributed by atoms with Gasteiger partial charge in [0.05, 0.1) is 5.75 Å². The molecular formula is C16H21N3O4S. The average Bonchev–Trinajstić information content (AvgIpc) is 2.94. The minimum absolute atomic E-state index is 0.0804. The Morgan fingerprint density at radius 1 is 1.21 bits per heavy atom. The summed E-state index contributed by atoms with van der Waals surface area (Å²) in [6, 6.07) is 9.62. The lowest BCUT2D eigenvalue weighted by atomic mass is 10.1. The van der Waals surface area contributed by atoms with Gasteiger partial charge in [0.25, 0.3) is 0 Å². The third-order valence-electron chi connectivity index (χ3n) is 3.40. The van der Waals surface area contributed by atoms with Crippen molar-refractivity contribution < 1.29 is 17.7 Å². The number of rotatable bonds is 8. The molecule has 1 heterocycles. The van der Waals surface area contributed by atoms with Crippen LogP contribution in [0.1, 0.15) is 30.1 Å². The van der Waals surface area contributed by atoms with Crippen LogP contribution in [0.15, 0.2) is 34.9 Å². The van der Waals surface area contributed by atoms with E-state index < -0.39 is 9.84 Å². The Balaban J connectivity index is 1.87. The Morgan fingerprint density at radius 3 is 2.58 bits per heavy atom. The van der Waals surface area contributed by atoms with Crippen LogP contribution in [0.2, 0.25) is 0 Å². The average molecular weight is 351 g/mol. The maximum Gasteiger partial charge on any atom is 0.241 e. The third-order valence-corrected chi connectivity index (χ3v) is 5.00. The van der Waals surface area contributed by atoms with Gasteiger partial charge >= 0.3 is 0 Å². The Labute approximate surface area is 141 Å². The molecule has 24 heavy (non-hydrogen) atoms.